The van der Waals surface area contributed by atoms with E-state index in [1.165, 1.54) is 36.8 Å². The van der Waals surface area contributed by atoms with E-state index in [-0.39, 0.29) is 40.0 Å². The molecule has 2 heteroatoms. The van der Waals surface area contributed by atoms with Gasteiger partial charge in [-0.05, 0) is 18.4 Å². The van der Waals surface area contributed by atoms with Crippen molar-refractivity contribution < 1.29 is 17.0 Å². The molecule has 0 amide bonds. The number of unbranched alkanes of at least 4 members (excludes halogenated alkanes) is 2. The normalized spacial score (nSPS) is 9.05. The summed E-state index contributed by atoms with van der Waals surface area (Å²) in [6, 6.07) is 21.3. The zero-order chi connectivity index (χ0) is 11.8. The molecular formula is C17H19BrMg. The van der Waals surface area contributed by atoms with Crippen molar-refractivity contribution in [2.24, 2.45) is 0 Å². The minimum Gasteiger partial charge on any atom is -1.00 e. The molecular weight excluding hydrogens is 308 g/mol. The summed E-state index contributed by atoms with van der Waals surface area (Å²) in [5.74, 6) is 0. The Morgan fingerprint density at radius 2 is 1.32 bits per heavy atom. The van der Waals surface area contributed by atoms with E-state index in [1.54, 1.807) is 0 Å². The van der Waals surface area contributed by atoms with E-state index in [2.05, 4.69) is 67.1 Å². The molecule has 0 saturated carbocycles. The SMILES string of the molecule is [Br-].[Mg+2].c1ccc([CH-]CCCCc2ccccc2)cc1. The second-order valence-corrected chi connectivity index (χ2v) is 4.35. The van der Waals surface area contributed by atoms with Gasteiger partial charge in [0.2, 0.25) is 0 Å². The summed E-state index contributed by atoms with van der Waals surface area (Å²) < 4.78 is 0. The molecule has 0 nitrogen and oxygen atoms in total. The molecule has 0 heterocycles. The summed E-state index contributed by atoms with van der Waals surface area (Å²) >= 11 is 0. The molecule has 0 N–H and O–H groups in total. The fourth-order valence-electron chi connectivity index (χ4n) is 1.98. The Balaban J connectivity index is 0.00000162. The molecule has 0 saturated heterocycles. The molecule has 19 heavy (non-hydrogen) atoms. The Labute approximate surface area is 143 Å². The minimum absolute atomic E-state index is 0. The molecule has 0 radical (unpaired) electrons. The largest absolute Gasteiger partial charge is 2.00 e. The Kier molecular flexibility index (Phi) is 11.1. The van der Waals surface area contributed by atoms with E-state index >= 15 is 0 Å². The quantitative estimate of drug-likeness (QED) is 0.426. The maximum Gasteiger partial charge on any atom is 2.00 e. The molecule has 0 aliphatic carbocycles. The van der Waals surface area contributed by atoms with Gasteiger partial charge >= 0.3 is 23.1 Å². The van der Waals surface area contributed by atoms with Crippen molar-refractivity contribution >= 4 is 23.1 Å². The Bertz CT molecular complexity index is 372. The van der Waals surface area contributed by atoms with Gasteiger partial charge in [0, 0.05) is 0 Å². The fourth-order valence-corrected chi connectivity index (χ4v) is 1.98. The summed E-state index contributed by atoms with van der Waals surface area (Å²) in [7, 11) is 0. The zero-order valence-corrected chi connectivity index (χ0v) is 14.3. The van der Waals surface area contributed by atoms with Crippen molar-refractivity contribution in [3.63, 3.8) is 0 Å². The van der Waals surface area contributed by atoms with Gasteiger partial charge in [-0.2, -0.15) is 24.1 Å². The molecule has 0 bridgehead atoms. The molecule has 0 aliphatic heterocycles. The summed E-state index contributed by atoms with van der Waals surface area (Å²) in [6.45, 7) is 0. The van der Waals surface area contributed by atoms with Crippen molar-refractivity contribution in [2.75, 3.05) is 0 Å². The van der Waals surface area contributed by atoms with E-state index < -0.39 is 0 Å². The van der Waals surface area contributed by atoms with Crippen molar-refractivity contribution in [3.8, 4) is 0 Å². The maximum absolute atomic E-state index is 2.32. The minimum atomic E-state index is 0. The molecule has 2 aromatic carbocycles. The van der Waals surface area contributed by atoms with Crippen LogP contribution in [-0.4, -0.2) is 23.1 Å². The fraction of sp³-hybridized carbons (Fsp3) is 0.235. The molecule has 2 aromatic rings. The molecule has 2 rings (SSSR count). The molecule has 96 valence electrons. The summed E-state index contributed by atoms with van der Waals surface area (Å²) in [5.41, 5.74) is 2.79. The first-order valence-corrected chi connectivity index (χ1v) is 6.37. The predicted octanol–water partition coefficient (Wildman–Crippen LogP) is 1.28. The van der Waals surface area contributed by atoms with Gasteiger partial charge in [0.25, 0.3) is 0 Å². The first-order chi connectivity index (χ1) is 8.45. The van der Waals surface area contributed by atoms with Gasteiger partial charge in [-0.1, -0.05) is 49.2 Å². The van der Waals surface area contributed by atoms with E-state index in [0.717, 1.165) is 0 Å². The van der Waals surface area contributed by atoms with Crippen LogP contribution in [0.5, 0.6) is 0 Å². The average molecular weight is 328 g/mol. The predicted molar refractivity (Wildman–Crippen MR) is 79.6 cm³/mol. The third-order valence-corrected chi connectivity index (χ3v) is 2.94. The molecule has 0 aromatic heterocycles. The summed E-state index contributed by atoms with van der Waals surface area (Å²) in [4.78, 5) is 0. The van der Waals surface area contributed by atoms with Crippen LogP contribution in [0.2, 0.25) is 0 Å². The standard InChI is InChI=1S/C17H19.BrH.Mg/c1-4-10-16(11-5-1)14-8-3-9-15-17-12-6-2-7-13-17;;/h1-2,4-7,10-14H,3,8-9,15H2;1H;/q-1;;+2/p-1. The Hall–Kier alpha value is -0.444. The van der Waals surface area contributed by atoms with Gasteiger partial charge in [0.15, 0.2) is 0 Å². The van der Waals surface area contributed by atoms with Gasteiger partial charge in [0.05, 0.1) is 0 Å². The molecule has 0 unspecified atom stereocenters. The van der Waals surface area contributed by atoms with Gasteiger partial charge in [0.1, 0.15) is 0 Å². The van der Waals surface area contributed by atoms with Crippen LogP contribution in [0, 0.1) is 6.42 Å². The van der Waals surface area contributed by atoms with E-state index in [0.29, 0.717) is 0 Å². The molecule has 0 fully saturated rings. The number of benzene rings is 2. The maximum atomic E-state index is 2.32. The van der Waals surface area contributed by atoms with Gasteiger partial charge in [-0.25, -0.2) is 0 Å². The van der Waals surface area contributed by atoms with Crippen LogP contribution in [0.15, 0.2) is 60.7 Å². The second kappa shape index (κ2) is 11.4. The van der Waals surface area contributed by atoms with Crippen LogP contribution in [0.4, 0.5) is 0 Å². The molecule has 0 spiro atoms. The van der Waals surface area contributed by atoms with E-state index in [9.17, 15) is 0 Å². The van der Waals surface area contributed by atoms with E-state index in [1.807, 2.05) is 0 Å². The zero-order valence-electron chi connectivity index (χ0n) is 11.3. The summed E-state index contributed by atoms with van der Waals surface area (Å²) in [5, 5.41) is 0. The monoisotopic (exact) mass is 326 g/mol. The average Bonchev–Trinajstić information content (AvgIpc) is 2.41. The van der Waals surface area contributed by atoms with Gasteiger partial charge in [-0.3, -0.25) is 0 Å². The first-order valence-electron chi connectivity index (χ1n) is 6.37. The number of aryl methyl sites for hydroxylation is 1. The number of hydrogen-bond donors (Lipinski definition) is 0. The van der Waals surface area contributed by atoms with Gasteiger partial charge < -0.3 is 17.0 Å². The van der Waals surface area contributed by atoms with Crippen molar-refractivity contribution in [3.05, 3.63) is 78.2 Å². The van der Waals surface area contributed by atoms with Gasteiger partial charge in [-0.15, -0.1) is 12.1 Å². The van der Waals surface area contributed by atoms with Crippen LogP contribution < -0.4 is 17.0 Å². The van der Waals surface area contributed by atoms with E-state index in [4.69, 9.17) is 0 Å². The topological polar surface area (TPSA) is 0 Å². The Morgan fingerprint density at radius 1 is 0.737 bits per heavy atom. The number of rotatable bonds is 6. The van der Waals surface area contributed by atoms with Crippen molar-refractivity contribution in [1.82, 2.24) is 0 Å². The number of hydrogen-bond acceptors (Lipinski definition) is 0. The van der Waals surface area contributed by atoms with Crippen LogP contribution in [-0.2, 0) is 6.42 Å². The van der Waals surface area contributed by atoms with Crippen LogP contribution in [0.3, 0.4) is 0 Å². The Morgan fingerprint density at radius 3 is 1.95 bits per heavy atom. The second-order valence-electron chi connectivity index (χ2n) is 4.35. The van der Waals surface area contributed by atoms with Crippen molar-refractivity contribution in [2.45, 2.75) is 25.7 Å². The van der Waals surface area contributed by atoms with Crippen LogP contribution >= 0.6 is 0 Å². The third-order valence-electron chi connectivity index (χ3n) is 2.94. The molecule has 0 aliphatic rings. The molecule has 0 atom stereocenters. The number of halogens is 1. The third kappa shape index (κ3) is 7.66. The van der Waals surface area contributed by atoms with Crippen LogP contribution in [0.1, 0.15) is 30.4 Å². The van der Waals surface area contributed by atoms with Crippen LogP contribution in [0.25, 0.3) is 0 Å². The first kappa shape index (κ1) is 18.6. The smallest absolute Gasteiger partial charge is 1.00 e. The van der Waals surface area contributed by atoms with Crippen molar-refractivity contribution in [1.29, 1.82) is 0 Å². The summed E-state index contributed by atoms with van der Waals surface area (Å²) in [6.07, 6.45) is 7.24.